The quantitative estimate of drug-likeness (QED) is 0.266. The number of carbonyl (C=O) groups excluding carboxylic acids is 1. The molecule has 10 nitrogen and oxygen atoms in total. The molecule has 2 aromatic rings. The molecule has 0 radical (unpaired) electrons. The lowest BCUT2D eigenvalue weighted by molar-refractivity contribution is -0.870. The number of unbranched alkanes of at least 4 members (excludes halogenated alkanes) is 2. The number of quaternary nitrogens is 1. The highest BCUT2D eigenvalue weighted by atomic mass is 16.7. The van der Waals surface area contributed by atoms with E-state index in [0.29, 0.717) is 31.0 Å². The number of aromatic nitrogens is 2. The van der Waals surface area contributed by atoms with Gasteiger partial charge in [-0.1, -0.05) is 19.4 Å². The van der Waals surface area contributed by atoms with E-state index in [-0.39, 0.29) is 31.2 Å². The lowest BCUT2D eigenvalue weighted by Crippen LogP contribution is -2.45. The lowest BCUT2D eigenvalue weighted by Gasteiger charge is -2.30. The Morgan fingerprint density at radius 1 is 1.12 bits per heavy atom. The van der Waals surface area contributed by atoms with Crippen LogP contribution in [-0.4, -0.2) is 108 Å². The van der Waals surface area contributed by atoms with E-state index in [1.165, 1.54) is 0 Å². The number of likely N-dealkylation sites (tertiary alicyclic amines) is 1. The maximum Gasteiger partial charge on any atom is 0.308 e. The largest absolute Gasteiger partial charge is 0.481 e. The summed E-state index contributed by atoms with van der Waals surface area (Å²) in [5, 5.41) is 10.5. The molecule has 0 bridgehead atoms. The van der Waals surface area contributed by atoms with Crippen molar-refractivity contribution in [3.8, 4) is 11.5 Å². The van der Waals surface area contributed by atoms with Crippen molar-refractivity contribution in [1.29, 1.82) is 0 Å². The number of imidazole rings is 1. The van der Waals surface area contributed by atoms with Crippen LogP contribution < -0.4 is 9.47 Å². The van der Waals surface area contributed by atoms with E-state index in [4.69, 9.17) is 9.47 Å². The van der Waals surface area contributed by atoms with E-state index in [9.17, 15) is 14.7 Å². The molecule has 2 aliphatic rings. The zero-order valence-electron chi connectivity index (χ0n) is 24.5. The number of ether oxygens (including phenoxy) is 2. The van der Waals surface area contributed by atoms with Gasteiger partial charge in [0, 0.05) is 50.5 Å². The number of nitrogens with zero attached hydrogens (tertiary/aromatic N) is 5. The van der Waals surface area contributed by atoms with E-state index in [1.807, 2.05) is 33.9 Å². The van der Waals surface area contributed by atoms with Gasteiger partial charge in [0.05, 0.1) is 46.5 Å². The van der Waals surface area contributed by atoms with Crippen molar-refractivity contribution in [2.75, 3.05) is 60.7 Å². The molecule has 1 aromatic carbocycles. The number of aryl methyl sites for hydroxylation is 1. The van der Waals surface area contributed by atoms with E-state index in [0.717, 1.165) is 55.4 Å². The third kappa shape index (κ3) is 7.75. The van der Waals surface area contributed by atoms with Crippen LogP contribution in [-0.2, 0) is 16.1 Å². The van der Waals surface area contributed by atoms with Gasteiger partial charge in [0.2, 0.25) is 12.7 Å². The number of amides is 1. The van der Waals surface area contributed by atoms with Gasteiger partial charge in [0.25, 0.3) is 0 Å². The van der Waals surface area contributed by atoms with E-state index >= 15 is 0 Å². The van der Waals surface area contributed by atoms with Crippen molar-refractivity contribution in [3.05, 3.63) is 42.5 Å². The Morgan fingerprint density at radius 2 is 1.90 bits per heavy atom. The molecular formula is C30H46N5O5+. The summed E-state index contributed by atoms with van der Waals surface area (Å²) in [6.07, 6.45) is 9.98. The number of fused-ring (bicyclic) bond motifs is 1. The van der Waals surface area contributed by atoms with E-state index < -0.39 is 11.9 Å². The second kappa shape index (κ2) is 13.5. The summed E-state index contributed by atoms with van der Waals surface area (Å²) in [4.78, 5) is 34.7. The van der Waals surface area contributed by atoms with Crippen LogP contribution in [0.5, 0.6) is 11.5 Å². The topological polar surface area (TPSA) is 97.1 Å². The highest BCUT2D eigenvalue weighted by Gasteiger charge is 2.47. The molecule has 0 aliphatic carbocycles. The fourth-order valence-corrected chi connectivity index (χ4v) is 5.91. The fourth-order valence-electron chi connectivity index (χ4n) is 5.91. The van der Waals surface area contributed by atoms with Crippen LogP contribution in [0.15, 0.2) is 36.9 Å². The highest BCUT2D eigenvalue weighted by molar-refractivity contribution is 5.79. The minimum atomic E-state index is -0.837. The van der Waals surface area contributed by atoms with Gasteiger partial charge < -0.3 is 28.5 Å². The molecule has 10 heteroatoms. The van der Waals surface area contributed by atoms with Gasteiger partial charge in [0.1, 0.15) is 0 Å². The van der Waals surface area contributed by atoms with Crippen LogP contribution in [0.4, 0.5) is 0 Å². The second-order valence-electron chi connectivity index (χ2n) is 12.1. The first-order valence-corrected chi connectivity index (χ1v) is 14.6. The number of rotatable bonds is 15. The SMILES string of the molecule is CCCCN(CCCC[N+](C)(C)C)C(=O)CN1C[C@H](c2ccc3c(c2)OCO3)C(C(=O)O)[C@@H]1CCn1ccnc1. The molecule has 220 valence electrons. The van der Waals surface area contributed by atoms with Gasteiger partial charge in [-0.05, 0) is 43.4 Å². The predicted molar refractivity (Wildman–Crippen MR) is 152 cm³/mol. The summed E-state index contributed by atoms with van der Waals surface area (Å²) in [5.74, 6) is -0.343. The van der Waals surface area contributed by atoms with E-state index in [1.54, 1.807) is 12.5 Å². The molecule has 1 unspecified atom stereocenters. The number of benzene rings is 1. The first kappa shape index (κ1) is 29.9. The predicted octanol–water partition coefficient (Wildman–Crippen LogP) is 3.29. The Morgan fingerprint density at radius 3 is 2.60 bits per heavy atom. The molecule has 1 saturated heterocycles. The Balaban J connectivity index is 1.52. The van der Waals surface area contributed by atoms with Crippen molar-refractivity contribution < 1.29 is 28.7 Å². The molecule has 40 heavy (non-hydrogen) atoms. The van der Waals surface area contributed by atoms with Gasteiger partial charge in [0.15, 0.2) is 11.5 Å². The minimum absolute atomic E-state index is 0.0850. The van der Waals surface area contributed by atoms with Crippen LogP contribution in [0.3, 0.4) is 0 Å². The second-order valence-corrected chi connectivity index (χ2v) is 12.1. The Labute approximate surface area is 238 Å². The Hall–Kier alpha value is -3.11. The van der Waals surface area contributed by atoms with Gasteiger partial charge in [-0.25, -0.2) is 4.98 Å². The smallest absolute Gasteiger partial charge is 0.308 e. The highest BCUT2D eigenvalue weighted by Crippen LogP contribution is 2.42. The molecule has 1 amide bonds. The molecular weight excluding hydrogens is 510 g/mol. The molecule has 1 N–H and O–H groups in total. The molecule has 1 aromatic heterocycles. The summed E-state index contributed by atoms with van der Waals surface area (Å²) in [5.41, 5.74) is 0.905. The Bertz CT molecular complexity index is 1120. The van der Waals surface area contributed by atoms with Crippen molar-refractivity contribution in [2.45, 2.75) is 57.5 Å². The summed E-state index contributed by atoms with van der Waals surface area (Å²) < 4.78 is 13.9. The molecule has 0 saturated carbocycles. The first-order chi connectivity index (χ1) is 19.2. The van der Waals surface area contributed by atoms with Gasteiger partial charge in [-0.3, -0.25) is 14.5 Å². The average molecular weight is 557 g/mol. The van der Waals surface area contributed by atoms with Crippen LogP contribution >= 0.6 is 0 Å². The summed E-state index contributed by atoms with van der Waals surface area (Å²) >= 11 is 0. The van der Waals surface area contributed by atoms with E-state index in [2.05, 4.69) is 38.0 Å². The zero-order valence-corrected chi connectivity index (χ0v) is 24.5. The van der Waals surface area contributed by atoms with Crippen molar-refractivity contribution in [1.82, 2.24) is 19.4 Å². The number of carbonyl (C=O) groups is 2. The van der Waals surface area contributed by atoms with Crippen LogP contribution in [0.25, 0.3) is 0 Å². The van der Waals surface area contributed by atoms with Crippen molar-refractivity contribution >= 4 is 11.9 Å². The van der Waals surface area contributed by atoms with Gasteiger partial charge >= 0.3 is 5.97 Å². The van der Waals surface area contributed by atoms with Crippen LogP contribution in [0.2, 0.25) is 0 Å². The summed E-state index contributed by atoms with van der Waals surface area (Å²) in [7, 11) is 6.56. The first-order valence-electron chi connectivity index (χ1n) is 14.6. The standard InChI is InChI=1S/C30H45N5O5/c1-5-6-13-33(14-7-8-17-35(2,3)4)28(36)20-34-19-24(23-9-10-26-27(18-23)40-22-39-26)29(30(37)38)25(34)11-15-32-16-12-31-21-32/h9-10,12,16,18,21,24-25,29H,5-8,11,13-15,17,19-20,22H2,1-4H3/p+1/t24-,25+,29?/m1/s1. The molecule has 3 heterocycles. The normalized spacial score (nSPS) is 20.6. The molecule has 3 atom stereocenters. The molecule has 0 spiro atoms. The third-order valence-electron chi connectivity index (χ3n) is 8.08. The molecule has 4 rings (SSSR count). The van der Waals surface area contributed by atoms with Crippen LogP contribution in [0, 0.1) is 5.92 Å². The van der Waals surface area contributed by atoms with Crippen molar-refractivity contribution in [3.63, 3.8) is 0 Å². The maximum absolute atomic E-state index is 13.7. The van der Waals surface area contributed by atoms with Crippen LogP contribution in [0.1, 0.15) is 50.5 Å². The zero-order chi connectivity index (χ0) is 28.7. The van der Waals surface area contributed by atoms with Gasteiger partial charge in [-0.15, -0.1) is 0 Å². The van der Waals surface area contributed by atoms with Gasteiger partial charge in [-0.2, -0.15) is 0 Å². The number of hydrogen-bond donors (Lipinski definition) is 1. The maximum atomic E-state index is 13.7. The minimum Gasteiger partial charge on any atom is -0.481 e. The Kier molecular flexibility index (Phi) is 10.1. The number of carboxylic acid groups (broad SMARTS) is 1. The fraction of sp³-hybridized carbons (Fsp3) is 0.633. The number of aliphatic carboxylic acids is 1. The molecule has 1 fully saturated rings. The van der Waals surface area contributed by atoms with Crippen molar-refractivity contribution in [2.24, 2.45) is 5.92 Å². The lowest BCUT2D eigenvalue weighted by atomic mass is 9.84. The average Bonchev–Trinajstić information content (AvgIpc) is 3.66. The summed E-state index contributed by atoms with van der Waals surface area (Å²) in [6, 6.07) is 5.41. The number of carboxylic acids is 1. The number of hydrogen-bond acceptors (Lipinski definition) is 6. The summed E-state index contributed by atoms with van der Waals surface area (Å²) in [6.45, 7) is 6.20. The molecule has 2 aliphatic heterocycles. The monoisotopic (exact) mass is 556 g/mol. The third-order valence-corrected chi connectivity index (χ3v) is 8.08.